The number of nitrogens with zero attached hydrogens (tertiary/aromatic N) is 1. The number of hydrogen-bond acceptors (Lipinski definition) is 4. The highest BCUT2D eigenvalue weighted by Gasteiger charge is 2.17. The molecule has 0 radical (unpaired) electrons. The van der Waals surface area contributed by atoms with Crippen LogP contribution in [0.4, 0.5) is 5.82 Å². The molecule has 26 heavy (non-hydrogen) atoms. The largest absolute Gasteiger partial charge is 0.326 e. The molecule has 0 aliphatic carbocycles. The van der Waals surface area contributed by atoms with Gasteiger partial charge in [0.15, 0.2) is 0 Å². The van der Waals surface area contributed by atoms with Crippen molar-refractivity contribution in [3.05, 3.63) is 76.2 Å². The van der Waals surface area contributed by atoms with Gasteiger partial charge in [-0.15, -0.1) is 0 Å². The molecule has 0 aliphatic rings. The van der Waals surface area contributed by atoms with Gasteiger partial charge >= 0.3 is 0 Å². The first-order chi connectivity index (χ1) is 12.4. The van der Waals surface area contributed by atoms with Crippen molar-refractivity contribution in [3.63, 3.8) is 0 Å². The third-order valence-electron chi connectivity index (χ3n) is 4.04. The summed E-state index contributed by atoms with van der Waals surface area (Å²) in [4.78, 5) is 18.8. The molecule has 7 heteroatoms. The lowest BCUT2D eigenvalue weighted by Gasteiger charge is -2.13. The molecule has 3 rings (SSSR count). The Balaban J connectivity index is 2.05. The predicted molar refractivity (Wildman–Crippen MR) is 102 cm³/mol. The van der Waals surface area contributed by atoms with Gasteiger partial charge in [0.05, 0.1) is 10.6 Å². The monoisotopic (exact) mass is 369 g/mol. The lowest BCUT2D eigenvalue weighted by atomic mass is 10.1. The van der Waals surface area contributed by atoms with Crippen molar-refractivity contribution in [2.45, 2.75) is 25.2 Å². The summed E-state index contributed by atoms with van der Waals surface area (Å²) in [5.41, 5.74) is 2.59. The molecule has 134 valence electrons. The molecule has 0 aliphatic heterocycles. The van der Waals surface area contributed by atoms with Crippen molar-refractivity contribution in [1.82, 2.24) is 9.97 Å². The van der Waals surface area contributed by atoms with Gasteiger partial charge < -0.3 is 4.98 Å². The minimum Gasteiger partial charge on any atom is -0.326 e. The van der Waals surface area contributed by atoms with Crippen LogP contribution in [-0.4, -0.2) is 18.4 Å². The molecule has 0 amide bonds. The van der Waals surface area contributed by atoms with Crippen LogP contribution in [0.5, 0.6) is 0 Å². The van der Waals surface area contributed by atoms with E-state index in [9.17, 15) is 13.2 Å². The molecule has 0 unspecified atom stereocenters. The SMILES string of the molecule is CCc1ccc(-c2ccc(=O)[nH]c2C)nc1NS(=O)(=O)c1ccccc1. The molecular weight excluding hydrogens is 350 g/mol. The second kappa shape index (κ2) is 7.13. The van der Waals surface area contributed by atoms with Crippen LogP contribution in [0.3, 0.4) is 0 Å². The summed E-state index contributed by atoms with van der Waals surface area (Å²) in [6.07, 6.45) is 0.629. The maximum atomic E-state index is 12.6. The Labute approximate surface area is 152 Å². The van der Waals surface area contributed by atoms with Crippen LogP contribution in [-0.2, 0) is 16.4 Å². The number of nitrogens with one attached hydrogen (secondary N) is 2. The number of aryl methyl sites for hydroxylation is 2. The van der Waals surface area contributed by atoms with Crippen molar-refractivity contribution in [1.29, 1.82) is 0 Å². The molecule has 0 atom stereocenters. The maximum absolute atomic E-state index is 12.6. The second-order valence-corrected chi connectivity index (χ2v) is 7.52. The third kappa shape index (κ3) is 3.67. The predicted octanol–water partition coefficient (Wildman–Crippen LogP) is 3.11. The molecule has 0 fully saturated rings. The first-order valence-corrected chi connectivity index (χ1v) is 9.67. The van der Waals surface area contributed by atoms with Crippen LogP contribution in [0.1, 0.15) is 18.2 Å². The number of pyridine rings is 2. The Bertz CT molecular complexity index is 1090. The van der Waals surface area contributed by atoms with E-state index in [4.69, 9.17) is 0 Å². The maximum Gasteiger partial charge on any atom is 0.263 e. The molecule has 2 aromatic heterocycles. The van der Waals surface area contributed by atoms with E-state index in [0.717, 1.165) is 11.1 Å². The fraction of sp³-hybridized carbons (Fsp3) is 0.158. The summed E-state index contributed by atoms with van der Waals surface area (Å²) in [6.45, 7) is 3.71. The number of aromatic nitrogens is 2. The quantitative estimate of drug-likeness (QED) is 0.723. The lowest BCUT2D eigenvalue weighted by Crippen LogP contribution is -2.15. The zero-order chi connectivity index (χ0) is 18.7. The Morgan fingerprint density at radius 1 is 1.04 bits per heavy atom. The highest BCUT2D eigenvalue weighted by Crippen LogP contribution is 2.25. The highest BCUT2D eigenvalue weighted by atomic mass is 32.2. The molecule has 3 aromatic rings. The summed E-state index contributed by atoms with van der Waals surface area (Å²) in [5.74, 6) is 0.291. The Morgan fingerprint density at radius 2 is 1.77 bits per heavy atom. The zero-order valence-electron chi connectivity index (χ0n) is 14.5. The molecule has 0 saturated heterocycles. The molecule has 0 saturated carbocycles. The summed E-state index contributed by atoms with van der Waals surface area (Å²) in [6, 6.07) is 14.9. The van der Waals surface area contributed by atoms with E-state index in [0.29, 0.717) is 23.6 Å². The van der Waals surface area contributed by atoms with E-state index in [1.165, 1.54) is 18.2 Å². The number of benzene rings is 1. The van der Waals surface area contributed by atoms with Gasteiger partial charge in [-0.05, 0) is 43.2 Å². The molecule has 2 heterocycles. The Morgan fingerprint density at radius 3 is 2.42 bits per heavy atom. The number of hydrogen-bond donors (Lipinski definition) is 2. The lowest BCUT2D eigenvalue weighted by molar-refractivity contribution is 0.601. The van der Waals surface area contributed by atoms with E-state index in [2.05, 4.69) is 14.7 Å². The van der Waals surface area contributed by atoms with E-state index < -0.39 is 10.0 Å². The molecule has 0 bridgehead atoms. The summed E-state index contributed by atoms with van der Waals surface area (Å²) < 4.78 is 27.8. The molecular formula is C19H19N3O3S. The fourth-order valence-corrected chi connectivity index (χ4v) is 3.72. The second-order valence-electron chi connectivity index (χ2n) is 5.84. The van der Waals surface area contributed by atoms with Gasteiger partial charge in [0.1, 0.15) is 5.82 Å². The first-order valence-electron chi connectivity index (χ1n) is 8.19. The van der Waals surface area contributed by atoms with Gasteiger partial charge in [-0.25, -0.2) is 13.4 Å². The number of rotatable bonds is 5. The number of anilines is 1. The summed E-state index contributed by atoms with van der Waals surface area (Å²) in [7, 11) is -3.73. The Kier molecular flexibility index (Phi) is 4.90. The molecule has 6 nitrogen and oxygen atoms in total. The number of sulfonamides is 1. The average molecular weight is 369 g/mol. The van der Waals surface area contributed by atoms with Crippen LogP contribution < -0.4 is 10.3 Å². The minimum atomic E-state index is -3.73. The van der Waals surface area contributed by atoms with Crippen molar-refractivity contribution >= 4 is 15.8 Å². The normalized spacial score (nSPS) is 11.3. The van der Waals surface area contributed by atoms with Crippen LogP contribution in [0.25, 0.3) is 11.3 Å². The van der Waals surface area contributed by atoms with Crippen molar-refractivity contribution in [2.24, 2.45) is 0 Å². The third-order valence-corrected chi connectivity index (χ3v) is 5.39. The standard InChI is InChI=1S/C19H19N3O3S/c1-3-14-9-11-17(16-10-12-18(23)20-13(16)2)21-19(14)22-26(24,25)15-7-5-4-6-8-15/h4-12H,3H2,1-2H3,(H,20,23)(H,21,22). The van der Waals surface area contributed by atoms with Gasteiger partial charge in [0.25, 0.3) is 10.0 Å². The van der Waals surface area contributed by atoms with Gasteiger partial charge in [0, 0.05) is 17.3 Å². The molecule has 2 N–H and O–H groups in total. The number of H-pyrrole nitrogens is 1. The van der Waals surface area contributed by atoms with Crippen molar-refractivity contribution in [3.8, 4) is 11.3 Å². The average Bonchev–Trinajstić information content (AvgIpc) is 2.62. The van der Waals surface area contributed by atoms with E-state index in [1.807, 2.05) is 19.1 Å². The number of aromatic amines is 1. The van der Waals surface area contributed by atoms with Gasteiger partial charge in [-0.1, -0.05) is 31.2 Å². The van der Waals surface area contributed by atoms with E-state index in [1.54, 1.807) is 31.2 Å². The van der Waals surface area contributed by atoms with Gasteiger partial charge in [0.2, 0.25) is 5.56 Å². The topological polar surface area (TPSA) is 91.9 Å². The summed E-state index contributed by atoms with van der Waals surface area (Å²) >= 11 is 0. The molecule has 0 spiro atoms. The van der Waals surface area contributed by atoms with Crippen molar-refractivity contribution < 1.29 is 8.42 Å². The Hall–Kier alpha value is -2.93. The van der Waals surface area contributed by atoms with Crippen LogP contribution in [0.2, 0.25) is 0 Å². The van der Waals surface area contributed by atoms with Crippen molar-refractivity contribution in [2.75, 3.05) is 4.72 Å². The smallest absolute Gasteiger partial charge is 0.263 e. The van der Waals surface area contributed by atoms with Crippen LogP contribution >= 0.6 is 0 Å². The molecule has 1 aromatic carbocycles. The van der Waals surface area contributed by atoms with Crippen LogP contribution in [0.15, 0.2) is 64.3 Å². The first kappa shape index (κ1) is 17.9. The zero-order valence-corrected chi connectivity index (χ0v) is 15.3. The van der Waals surface area contributed by atoms with Gasteiger partial charge in [-0.3, -0.25) is 9.52 Å². The minimum absolute atomic E-state index is 0.175. The van der Waals surface area contributed by atoms with E-state index in [-0.39, 0.29) is 10.5 Å². The van der Waals surface area contributed by atoms with Crippen LogP contribution in [0, 0.1) is 6.92 Å². The van der Waals surface area contributed by atoms with Gasteiger partial charge in [-0.2, -0.15) is 0 Å². The summed E-state index contributed by atoms with van der Waals surface area (Å²) in [5, 5.41) is 0. The highest BCUT2D eigenvalue weighted by molar-refractivity contribution is 7.92. The van der Waals surface area contributed by atoms with E-state index >= 15 is 0 Å². The fourth-order valence-electron chi connectivity index (χ4n) is 2.65.